The lowest BCUT2D eigenvalue weighted by molar-refractivity contribution is -0.384. The zero-order chi connectivity index (χ0) is 32.2. The molecule has 11 nitrogen and oxygen atoms in total. The molecular weight excluding hydrogens is 666 g/mol. The van der Waals surface area contributed by atoms with Gasteiger partial charge in [0.05, 0.1) is 30.6 Å². The predicted octanol–water partition coefficient (Wildman–Crippen LogP) is 6.40. The van der Waals surface area contributed by atoms with E-state index in [2.05, 4.69) is 21.2 Å². The summed E-state index contributed by atoms with van der Waals surface area (Å²) in [5.74, 6) is 1.69. The van der Waals surface area contributed by atoms with E-state index in [1.54, 1.807) is 62.8 Å². The highest BCUT2D eigenvalue weighted by Crippen LogP contribution is 2.39. The lowest BCUT2D eigenvalue weighted by Crippen LogP contribution is -2.30. The van der Waals surface area contributed by atoms with Crippen LogP contribution in [0.25, 0.3) is 0 Å². The van der Waals surface area contributed by atoms with Gasteiger partial charge in [-0.05, 0) is 67.0 Å². The number of nitrogens with zero attached hydrogens (tertiary/aromatic N) is 2. The maximum Gasteiger partial charge on any atom is 0.297 e. The van der Waals surface area contributed by atoms with Crippen molar-refractivity contribution in [2.75, 3.05) is 51.2 Å². The molecule has 0 unspecified atom stereocenters. The number of nitro benzene ring substituents is 1. The first-order valence-corrected chi connectivity index (χ1v) is 17.4. The monoisotopic (exact) mass is 705 g/mol. The minimum absolute atomic E-state index is 0.0251. The third kappa shape index (κ3) is 9.55. The standard InChI is InChI=1S/C32H40BrN3O8S/c1-41-27-9-5-25(6-10-27)22-35(23-26-7-11-28(42-2)12-8-26)45(39,40)29-19-30(36(37)38)32(31(20-29)44-16-4-3-15-33)34-21-24-13-17-43-18-14-24/h5-12,19-20,24,34H,3-4,13-18,21-23H2,1-2H3. The SMILES string of the molecule is COc1ccc(CN(Cc2ccc(OC)cc2)S(=O)(=O)c2cc(OCCCCBr)c(NCC3CCOCC3)c([N+](=O)[O-])c2)cc1. The summed E-state index contributed by atoms with van der Waals surface area (Å²) in [6, 6.07) is 16.7. The Morgan fingerprint density at radius 1 is 0.956 bits per heavy atom. The van der Waals surface area contributed by atoms with Gasteiger partial charge in [-0.1, -0.05) is 40.2 Å². The van der Waals surface area contributed by atoms with Crippen LogP contribution in [0.5, 0.6) is 17.2 Å². The summed E-state index contributed by atoms with van der Waals surface area (Å²) >= 11 is 3.41. The van der Waals surface area contributed by atoms with Crippen molar-refractivity contribution >= 4 is 37.3 Å². The number of hydrogen-bond donors (Lipinski definition) is 1. The number of benzene rings is 3. The molecule has 1 saturated heterocycles. The summed E-state index contributed by atoms with van der Waals surface area (Å²) in [6.45, 7) is 2.09. The van der Waals surface area contributed by atoms with Crippen molar-refractivity contribution in [3.05, 3.63) is 81.9 Å². The van der Waals surface area contributed by atoms with E-state index in [1.165, 1.54) is 10.4 Å². The Bertz CT molecular complexity index is 1450. The second kappa shape index (κ2) is 16.8. The smallest absolute Gasteiger partial charge is 0.297 e. The molecule has 0 radical (unpaired) electrons. The molecule has 244 valence electrons. The molecule has 1 N–H and O–H groups in total. The van der Waals surface area contributed by atoms with Crippen LogP contribution in [0.1, 0.15) is 36.8 Å². The molecule has 13 heteroatoms. The summed E-state index contributed by atoms with van der Waals surface area (Å²) in [7, 11) is -1.14. The van der Waals surface area contributed by atoms with Crippen molar-refractivity contribution in [3.8, 4) is 17.2 Å². The molecule has 4 rings (SSSR count). The Labute approximate surface area is 273 Å². The number of nitro groups is 1. The molecule has 1 fully saturated rings. The number of nitrogens with one attached hydrogen (secondary N) is 1. The first-order valence-electron chi connectivity index (χ1n) is 14.8. The summed E-state index contributed by atoms with van der Waals surface area (Å²) in [5, 5.41) is 16.4. The van der Waals surface area contributed by atoms with Gasteiger partial charge in [-0.15, -0.1) is 0 Å². The van der Waals surface area contributed by atoms with Crippen molar-refractivity contribution in [1.82, 2.24) is 4.31 Å². The van der Waals surface area contributed by atoms with Crippen LogP contribution in [-0.2, 0) is 27.8 Å². The van der Waals surface area contributed by atoms with E-state index in [0.717, 1.165) is 41.8 Å². The van der Waals surface area contributed by atoms with E-state index >= 15 is 0 Å². The van der Waals surface area contributed by atoms with Crippen LogP contribution < -0.4 is 19.5 Å². The summed E-state index contributed by atoms with van der Waals surface area (Å²) in [4.78, 5) is 11.6. The lowest BCUT2D eigenvalue weighted by Gasteiger charge is -2.25. The van der Waals surface area contributed by atoms with Crippen molar-refractivity contribution in [3.63, 3.8) is 0 Å². The van der Waals surface area contributed by atoms with Gasteiger partial charge in [0.15, 0.2) is 11.4 Å². The molecule has 0 aromatic heterocycles. The molecule has 0 saturated carbocycles. The average molecular weight is 707 g/mol. The molecule has 45 heavy (non-hydrogen) atoms. The van der Waals surface area contributed by atoms with Crippen molar-refractivity contribution in [2.24, 2.45) is 5.92 Å². The molecule has 0 atom stereocenters. The molecule has 3 aromatic rings. The molecule has 0 aliphatic carbocycles. The van der Waals surface area contributed by atoms with Crippen molar-refractivity contribution in [1.29, 1.82) is 0 Å². The number of methoxy groups -OCH3 is 2. The minimum Gasteiger partial charge on any atom is -0.497 e. The number of ether oxygens (including phenoxy) is 4. The van der Waals surface area contributed by atoms with Gasteiger partial charge in [0, 0.05) is 50.3 Å². The fourth-order valence-corrected chi connectivity index (χ4v) is 6.83. The van der Waals surface area contributed by atoms with Crippen LogP contribution in [0, 0.1) is 16.0 Å². The third-order valence-electron chi connectivity index (χ3n) is 7.62. The number of sulfonamides is 1. The molecule has 0 amide bonds. The van der Waals surface area contributed by atoms with E-state index in [0.29, 0.717) is 37.7 Å². The topological polar surface area (TPSA) is 129 Å². The van der Waals surface area contributed by atoms with Crippen LogP contribution in [0.3, 0.4) is 0 Å². The third-order valence-corrected chi connectivity index (χ3v) is 9.95. The van der Waals surface area contributed by atoms with Gasteiger partial charge in [-0.2, -0.15) is 4.31 Å². The zero-order valence-corrected chi connectivity index (χ0v) is 28.0. The molecule has 3 aromatic carbocycles. The minimum atomic E-state index is -4.26. The highest BCUT2D eigenvalue weighted by molar-refractivity contribution is 9.09. The molecule has 1 aliphatic rings. The largest absolute Gasteiger partial charge is 0.497 e. The van der Waals surface area contributed by atoms with Gasteiger partial charge in [0.25, 0.3) is 5.69 Å². The van der Waals surface area contributed by atoms with E-state index in [-0.39, 0.29) is 47.6 Å². The van der Waals surface area contributed by atoms with E-state index in [9.17, 15) is 18.5 Å². The van der Waals surface area contributed by atoms with Gasteiger partial charge >= 0.3 is 0 Å². The highest BCUT2D eigenvalue weighted by atomic mass is 79.9. The Balaban J connectivity index is 1.74. The maximum atomic E-state index is 14.4. The number of anilines is 1. The first-order chi connectivity index (χ1) is 21.7. The zero-order valence-electron chi connectivity index (χ0n) is 25.6. The van der Waals surface area contributed by atoms with Crippen LogP contribution >= 0.6 is 15.9 Å². The molecule has 1 heterocycles. The fourth-order valence-electron chi connectivity index (χ4n) is 4.98. The number of unbranched alkanes of at least 4 members (excludes halogenated alkanes) is 1. The summed E-state index contributed by atoms with van der Waals surface area (Å²) in [6.07, 6.45) is 3.19. The van der Waals surface area contributed by atoms with Gasteiger partial charge in [-0.25, -0.2) is 8.42 Å². The normalized spacial score (nSPS) is 13.9. The number of halogens is 1. The maximum absolute atomic E-state index is 14.4. The molecule has 0 bridgehead atoms. The fraction of sp³-hybridized carbons (Fsp3) is 0.438. The number of alkyl halides is 1. The Kier molecular flexibility index (Phi) is 12.9. The van der Waals surface area contributed by atoms with Crippen molar-refractivity contribution < 1.29 is 32.3 Å². The molecule has 1 aliphatic heterocycles. The van der Waals surface area contributed by atoms with Crippen LogP contribution in [0.2, 0.25) is 0 Å². The Morgan fingerprint density at radius 3 is 2.04 bits per heavy atom. The van der Waals surface area contributed by atoms with Crippen molar-refractivity contribution in [2.45, 2.75) is 43.7 Å². The first kappa shape index (κ1) is 34.5. The predicted molar refractivity (Wildman–Crippen MR) is 176 cm³/mol. The van der Waals surface area contributed by atoms with Gasteiger partial charge < -0.3 is 24.3 Å². The highest BCUT2D eigenvalue weighted by Gasteiger charge is 2.31. The van der Waals surface area contributed by atoms with E-state index in [4.69, 9.17) is 18.9 Å². The molecule has 0 spiro atoms. The average Bonchev–Trinajstić information content (AvgIpc) is 3.06. The second-order valence-corrected chi connectivity index (χ2v) is 13.5. The van der Waals surface area contributed by atoms with E-state index < -0.39 is 14.9 Å². The van der Waals surface area contributed by atoms with Gasteiger partial charge in [-0.3, -0.25) is 10.1 Å². The van der Waals surface area contributed by atoms with Crippen LogP contribution in [0.15, 0.2) is 65.6 Å². The van der Waals surface area contributed by atoms with Crippen LogP contribution in [0.4, 0.5) is 11.4 Å². The Morgan fingerprint density at radius 2 is 1.53 bits per heavy atom. The number of rotatable bonds is 17. The summed E-state index contributed by atoms with van der Waals surface area (Å²) in [5.41, 5.74) is 1.28. The molecular formula is C32H40BrN3O8S. The second-order valence-electron chi connectivity index (χ2n) is 10.7. The number of hydrogen-bond acceptors (Lipinski definition) is 9. The van der Waals surface area contributed by atoms with E-state index in [1.807, 2.05) is 0 Å². The quantitative estimate of drug-likeness (QED) is 0.0734. The lowest BCUT2D eigenvalue weighted by atomic mass is 10.0. The van der Waals surface area contributed by atoms with Crippen LogP contribution in [-0.4, -0.2) is 63.6 Å². The summed E-state index contributed by atoms with van der Waals surface area (Å²) < 4.78 is 52.0. The van der Waals surface area contributed by atoms with Gasteiger partial charge in [0.2, 0.25) is 10.0 Å². The van der Waals surface area contributed by atoms with Gasteiger partial charge in [0.1, 0.15) is 11.5 Å². The Hall–Kier alpha value is -3.39.